The van der Waals surface area contributed by atoms with E-state index in [9.17, 15) is 13.6 Å². The van der Waals surface area contributed by atoms with E-state index in [4.69, 9.17) is 4.74 Å². The predicted octanol–water partition coefficient (Wildman–Crippen LogP) is 3.71. The molecule has 4 nitrogen and oxygen atoms in total. The Labute approximate surface area is 158 Å². The fourth-order valence-corrected chi connectivity index (χ4v) is 3.60. The number of hydrogen-bond donors (Lipinski definition) is 0. The van der Waals surface area contributed by atoms with Gasteiger partial charge in [-0.2, -0.15) is 0 Å². The monoisotopic (exact) mass is 374 g/mol. The fraction of sp³-hybridized carbons (Fsp3) is 0.381. The molecule has 0 aliphatic carbocycles. The topological polar surface area (TPSA) is 32.8 Å². The first-order valence-corrected chi connectivity index (χ1v) is 9.06. The van der Waals surface area contributed by atoms with Gasteiger partial charge in [-0.1, -0.05) is 24.3 Å². The summed E-state index contributed by atoms with van der Waals surface area (Å²) in [5, 5.41) is 0. The minimum atomic E-state index is -0.554. The maximum Gasteiger partial charge on any atom is 0.257 e. The number of piperidine rings is 1. The average molecular weight is 374 g/mol. The van der Waals surface area contributed by atoms with Crippen LogP contribution in [0.15, 0.2) is 42.5 Å². The summed E-state index contributed by atoms with van der Waals surface area (Å²) in [7, 11) is 3.08. The molecule has 6 heteroatoms. The van der Waals surface area contributed by atoms with Crippen LogP contribution in [0.25, 0.3) is 0 Å². The SMILES string of the molecule is COc1c(F)cccc1C(=O)N(C)[C@@H]1CCCN(Cc2ccccc2F)C1. The molecule has 1 heterocycles. The van der Waals surface area contributed by atoms with Crippen molar-refractivity contribution in [3.8, 4) is 5.75 Å². The highest BCUT2D eigenvalue weighted by molar-refractivity contribution is 5.97. The third kappa shape index (κ3) is 4.27. The van der Waals surface area contributed by atoms with E-state index in [2.05, 4.69) is 4.90 Å². The summed E-state index contributed by atoms with van der Waals surface area (Å²) in [5.74, 6) is -1.08. The van der Waals surface area contributed by atoms with Crippen molar-refractivity contribution in [3.63, 3.8) is 0 Å². The van der Waals surface area contributed by atoms with Crippen LogP contribution in [0.1, 0.15) is 28.8 Å². The van der Waals surface area contributed by atoms with Gasteiger partial charge in [0.15, 0.2) is 11.6 Å². The van der Waals surface area contributed by atoms with Crippen molar-refractivity contribution >= 4 is 5.91 Å². The lowest BCUT2D eigenvalue weighted by Crippen LogP contribution is -2.48. The number of benzene rings is 2. The molecule has 1 saturated heterocycles. The highest BCUT2D eigenvalue weighted by atomic mass is 19.1. The number of nitrogens with zero attached hydrogens (tertiary/aromatic N) is 2. The van der Waals surface area contributed by atoms with Crippen LogP contribution in [0.2, 0.25) is 0 Å². The molecule has 2 aromatic rings. The lowest BCUT2D eigenvalue weighted by atomic mass is 10.0. The van der Waals surface area contributed by atoms with Crippen LogP contribution in [0.3, 0.4) is 0 Å². The number of likely N-dealkylation sites (tertiary alicyclic amines) is 1. The summed E-state index contributed by atoms with van der Waals surface area (Å²) in [5.41, 5.74) is 0.866. The van der Waals surface area contributed by atoms with Crippen molar-refractivity contribution < 1.29 is 18.3 Å². The molecule has 144 valence electrons. The van der Waals surface area contributed by atoms with Gasteiger partial charge in [-0.15, -0.1) is 0 Å². The summed E-state index contributed by atoms with van der Waals surface area (Å²) in [4.78, 5) is 16.7. The molecule has 3 rings (SSSR count). The minimum absolute atomic E-state index is 0.0222. The summed E-state index contributed by atoms with van der Waals surface area (Å²) in [6.45, 7) is 2.01. The number of carbonyl (C=O) groups is 1. The number of rotatable bonds is 5. The highest BCUT2D eigenvalue weighted by Crippen LogP contribution is 2.26. The first kappa shape index (κ1) is 19.3. The summed E-state index contributed by atoms with van der Waals surface area (Å²) in [6, 6.07) is 11.1. The average Bonchev–Trinajstić information content (AvgIpc) is 2.68. The number of likely N-dealkylation sites (N-methyl/N-ethyl adjacent to an activating group) is 1. The van der Waals surface area contributed by atoms with Crippen LogP contribution in [0, 0.1) is 11.6 Å². The molecular formula is C21H24F2N2O2. The van der Waals surface area contributed by atoms with Gasteiger partial charge in [-0.25, -0.2) is 8.78 Å². The molecule has 0 unspecified atom stereocenters. The Morgan fingerprint density at radius 2 is 1.93 bits per heavy atom. The summed E-state index contributed by atoms with van der Waals surface area (Å²) < 4.78 is 32.9. The number of halogens is 2. The second-order valence-electron chi connectivity index (χ2n) is 6.86. The van der Waals surface area contributed by atoms with E-state index in [-0.39, 0.29) is 29.1 Å². The van der Waals surface area contributed by atoms with Crippen LogP contribution in [0.5, 0.6) is 5.75 Å². The third-order valence-electron chi connectivity index (χ3n) is 5.10. The van der Waals surface area contributed by atoms with E-state index < -0.39 is 5.82 Å². The van der Waals surface area contributed by atoms with E-state index in [1.807, 2.05) is 6.07 Å². The van der Waals surface area contributed by atoms with Gasteiger partial charge in [0, 0.05) is 31.7 Å². The van der Waals surface area contributed by atoms with Gasteiger partial charge in [-0.05, 0) is 37.6 Å². The Bertz CT molecular complexity index is 813. The molecule has 1 amide bonds. The molecule has 0 aromatic heterocycles. The number of methoxy groups -OCH3 is 1. The maximum atomic E-state index is 13.9. The van der Waals surface area contributed by atoms with Gasteiger partial charge in [0.1, 0.15) is 5.82 Å². The first-order valence-electron chi connectivity index (χ1n) is 9.06. The second kappa shape index (κ2) is 8.48. The van der Waals surface area contributed by atoms with Crippen LogP contribution < -0.4 is 4.74 Å². The molecule has 0 spiro atoms. The van der Waals surface area contributed by atoms with Gasteiger partial charge in [0.2, 0.25) is 0 Å². The van der Waals surface area contributed by atoms with Crippen molar-refractivity contribution in [1.82, 2.24) is 9.80 Å². The van der Waals surface area contributed by atoms with Crippen molar-refractivity contribution in [2.24, 2.45) is 0 Å². The predicted molar refractivity (Wildman–Crippen MR) is 99.7 cm³/mol. The molecule has 1 fully saturated rings. The fourth-order valence-electron chi connectivity index (χ4n) is 3.60. The molecule has 0 bridgehead atoms. The largest absolute Gasteiger partial charge is 0.493 e. The lowest BCUT2D eigenvalue weighted by Gasteiger charge is -2.37. The molecule has 2 aromatic carbocycles. The van der Waals surface area contributed by atoms with E-state index >= 15 is 0 Å². The number of para-hydroxylation sites is 1. The van der Waals surface area contributed by atoms with Crippen molar-refractivity contribution in [2.45, 2.75) is 25.4 Å². The third-order valence-corrected chi connectivity index (χ3v) is 5.10. The van der Waals surface area contributed by atoms with Crippen molar-refractivity contribution in [3.05, 3.63) is 65.2 Å². The summed E-state index contributed by atoms with van der Waals surface area (Å²) >= 11 is 0. The Morgan fingerprint density at radius 1 is 1.19 bits per heavy atom. The van der Waals surface area contributed by atoms with Gasteiger partial charge in [0.25, 0.3) is 5.91 Å². The van der Waals surface area contributed by atoms with E-state index in [1.54, 1.807) is 30.1 Å². The second-order valence-corrected chi connectivity index (χ2v) is 6.86. The van der Waals surface area contributed by atoms with Gasteiger partial charge < -0.3 is 9.64 Å². The van der Waals surface area contributed by atoms with E-state index in [1.165, 1.54) is 25.3 Å². The molecule has 1 aliphatic rings. The van der Waals surface area contributed by atoms with Crippen LogP contribution >= 0.6 is 0 Å². The zero-order chi connectivity index (χ0) is 19.4. The normalized spacial score (nSPS) is 17.6. The highest BCUT2D eigenvalue weighted by Gasteiger charge is 2.29. The number of amides is 1. The van der Waals surface area contributed by atoms with Crippen LogP contribution in [0.4, 0.5) is 8.78 Å². The molecule has 1 aliphatic heterocycles. The quantitative estimate of drug-likeness (QED) is 0.800. The molecule has 0 N–H and O–H groups in total. The van der Waals surface area contributed by atoms with Crippen molar-refractivity contribution in [2.75, 3.05) is 27.2 Å². The Morgan fingerprint density at radius 3 is 2.67 bits per heavy atom. The smallest absolute Gasteiger partial charge is 0.257 e. The molecule has 0 saturated carbocycles. The molecular weight excluding hydrogens is 350 g/mol. The standard InChI is InChI=1S/C21H24F2N2O2/c1-24(21(26)17-9-5-11-19(23)20(17)27-2)16-8-6-12-25(14-16)13-15-7-3-4-10-18(15)22/h3-5,7,9-11,16H,6,8,12-14H2,1-2H3/t16-/m1/s1. The molecule has 27 heavy (non-hydrogen) atoms. The van der Waals surface area contributed by atoms with Crippen LogP contribution in [-0.4, -0.2) is 49.0 Å². The number of ether oxygens (including phenoxy) is 1. The minimum Gasteiger partial charge on any atom is -0.493 e. The van der Waals surface area contributed by atoms with E-state index in [0.717, 1.165) is 19.4 Å². The van der Waals surface area contributed by atoms with Crippen molar-refractivity contribution in [1.29, 1.82) is 0 Å². The van der Waals surface area contributed by atoms with Gasteiger partial charge >= 0.3 is 0 Å². The van der Waals surface area contributed by atoms with E-state index in [0.29, 0.717) is 18.7 Å². The Kier molecular flexibility index (Phi) is 6.06. The first-order chi connectivity index (χ1) is 13.0. The molecule has 1 atom stereocenters. The zero-order valence-corrected chi connectivity index (χ0v) is 15.6. The lowest BCUT2D eigenvalue weighted by molar-refractivity contribution is 0.0604. The Balaban J connectivity index is 1.71. The maximum absolute atomic E-state index is 13.9. The van der Waals surface area contributed by atoms with Crippen LogP contribution in [-0.2, 0) is 6.54 Å². The zero-order valence-electron chi connectivity index (χ0n) is 15.6. The van der Waals surface area contributed by atoms with Gasteiger partial charge in [0.05, 0.1) is 12.7 Å². The number of hydrogen-bond acceptors (Lipinski definition) is 3. The molecule has 0 radical (unpaired) electrons. The summed E-state index contributed by atoms with van der Waals surface area (Å²) in [6.07, 6.45) is 1.77. The van der Waals surface area contributed by atoms with Gasteiger partial charge in [-0.3, -0.25) is 9.69 Å². The Hall–Kier alpha value is -2.47. The number of carbonyl (C=O) groups excluding carboxylic acids is 1.